The first kappa shape index (κ1) is 16.5. The van der Waals surface area contributed by atoms with E-state index in [-0.39, 0.29) is 13.0 Å². The second-order valence-electron chi connectivity index (χ2n) is 4.77. The Morgan fingerprint density at radius 1 is 1.20 bits per heavy atom. The van der Waals surface area contributed by atoms with E-state index >= 15 is 0 Å². The number of rotatable bonds is 7. The number of hydrogen-bond acceptors (Lipinski definition) is 1. The summed E-state index contributed by atoms with van der Waals surface area (Å²) >= 11 is 0. The van der Waals surface area contributed by atoms with E-state index < -0.39 is 18.6 Å². The number of amides is 1. The molecule has 0 N–H and O–H groups in total. The highest BCUT2D eigenvalue weighted by Gasteiger charge is 2.32. The number of carbonyl (C=O) groups excluding carboxylic acids is 1. The van der Waals surface area contributed by atoms with Gasteiger partial charge in [0, 0.05) is 13.0 Å². The molecular weight excluding hydrogens is 267 g/mol. The van der Waals surface area contributed by atoms with Crippen molar-refractivity contribution in [3.63, 3.8) is 0 Å². The Morgan fingerprint density at radius 3 is 2.40 bits per heavy atom. The van der Waals surface area contributed by atoms with Crippen LogP contribution in [0.15, 0.2) is 30.3 Å². The molecule has 5 heteroatoms. The highest BCUT2D eigenvalue weighted by Crippen LogP contribution is 2.18. The van der Waals surface area contributed by atoms with Crippen LogP contribution in [0.2, 0.25) is 0 Å². The van der Waals surface area contributed by atoms with Crippen molar-refractivity contribution in [2.24, 2.45) is 0 Å². The summed E-state index contributed by atoms with van der Waals surface area (Å²) in [5.41, 5.74) is 0.961. The zero-order valence-corrected chi connectivity index (χ0v) is 11.6. The summed E-state index contributed by atoms with van der Waals surface area (Å²) in [6.07, 6.45) is -2.40. The molecule has 1 aromatic rings. The summed E-state index contributed by atoms with van der Waals surface area (Å²) in [5, 5.41) is 0. The van der Waals surface area contributed by atoms with Crippen molar-refractivity contribution in [3.8, 4) is 0 Å². The normalized spacial score (nSPS) is 11.4. The number of unbranched alkanes of at least 4 members (excludes halogenated alkanes) is 1. The molecule has 0 spiro atoms. The number of nitrogens with zero attached hydrogens (tertiary/aromatic N) is 1. The third-order valence-corrected chi connectivity index (χ3v) is 2.97. The molecule has 2 nitrogen and oxygen atoms in total. The molecule has 1 amide bonds. The SMILES string of the molecule is CCCCN(CC(F)(F)F)C(=O)CCc1ccccc1. The van der Waals surface area contributed by atoms with Crippen LogP contribution in [-0.4, -0.2) is 30.1 Å². The molecule has 0 saturated carbocycles. The molecular formula is C15H20F3NO. The minimum absolute atomic E-state index is 0.115. The lowest BCUT2D eigenvalue weighted by Gasteiger charge is -2.24. The first-order valence-electron chi connectivity index (χ1n) is 6.81. The fourth-order valence-electron chi connectivity index (χ4n) is 1.91. The first-order chi connectivity index (χ1) is 9.42. The third-order valence-electron chi connectivity index (χ3n) is 2.97. The molecule has 0 heterocycles. The molecule has 0 bridgehead atoms. The van der Waals surface area contributed by atoms with Gasteiger partial charge in [0.25, 0.3) is 0 Å². The van der Waals surface area contributed by atoms with Gasteiger partial charge in [-0.3, -0.25) is 4.79 Å². The number of hydrogen-bond donors (Lipinski definition) is 0. The topological polar surface area (TPSA) is 20.3 Å². The van der Waals surface area contributed by atoms with Gasteiger partial charge in [-0.05, 0) is 18.4 Å². The van der Waals surface area contributed by atoms with E-state index in [1.165, 1.54) is 0 Å². The first-order valence-corrected chi connectivity index (χ1v) is 6.81. The van der Waals surface area contributed by atoms with Gasteiger partial charge in [0.05, 0.1) is 0 Å². The molecule has 20 heavy (non-hydrogen) atoms. The monoisotopic (exact) mass is 287 g/mol. The summed E-state index contributed by atoms with van der Waals surface area (Å²) < 4.78 is 37.4. The minimum atomic E-state index is -4.34. The fourth-order valence-corrected chi connectivity index (χ4v) is 1.91. The second-order valence-corrected chi connectivity index (χ2v) is 4.77. The lowest BCUT2D eigenvalue weighted by molar-refractivity contribution is -0.161. The van der Waals surface area contributed by atoms with Crippen molar-refractivity contribution < 1.29 is 18.0 Å². The maximum atomic E-state index is 12.5. The lowest BCUT2D eigenvalue weighted by atomic mass is 10.1. The van der Waals surface area contributed by atoms with Gasteiger partial charge in [-0.2, -0.15) is 13.2 Å². The second kappa shape index (κ2) is 7.92. The van der Waals surface area contributed by atoms with Gasteiger partial charge in [-0.25, -0.2) is 0 Å². The van der Waals surface area contributed by atoms with Crippen LogP contribution >= 0.6 is 0 Å². The summed E-state index contributed by atoms with van der Waals surface area (Å²) in [6, 6.07) is 9.30. The molecule has 0 aliphatic carbocycles. The van der Waals surface area contributed by atoms with Crippen LogP contribution in [0.5, 0.6) is 0 Å². The lowest BCUT2D eigenvalue weighted by Crippen LogP contribution is -2.39. The summed E-state index contributed by atoms with van der Waals surface area (Å²) in [7, 11) is 0. The van der Waals surface area contributed by atoms with Gasteiger partial charge in [0.1, 0.15) is 6.54 Å². The van der Waals surface area contributed by atoms with Crippen LogP contribution < -0.4 is 0 Å². The minimum Gasteiger partial charge on any atom is -0.334 e. The highest BCUT2D eigenvalue weighted by molar-refractivity contribution is 5.76. The molecule has 1 aromatic carbocycles. The van der Waals surface area contributed by atoms with E-state index in [1.54, 1.807) is 0 Å². The van der Waals surface area contributed by atoms with Gasteiger partial charge in [0.2, 0.25) is 5.91 Å². The average Bonchev–Trinajstić information content (AvgIpc) is 2.40. The average molecular weight is 287 g/mol. The van der Waals surface area contributed by atoms with Gasteiger partial charge in [-0.15, -0.1) is 0 Å². The zero-order valence-electron chi connectivity index (χ0n) is 11.6. The van der Waals surface area contributed by atoms with E-state index in [0.717, 1.165) is 16.9 Å². The Kier molecular flexibility index (Phi) is 6.55. The quantitative estimate of drug-likeness (QED) is 0.746. The number of benzene rings is 1. The molecule has 112 valence electrons. The fraction of sp³-hybridized carbons (Fsp3) is 0.533. The number of alkyl halides is 3. The molecule has 0 fully saturated rings. The van der Waals surface area contributed by atoms with Crippen LogP contribution in [0, 0.1) is 0 Å². The number of halogens is 3. The van der Waals surface area contributed by atoms with E-state index in [4.69, 9.17) is 0 Å². The largest absolute Gasteiger partial charge is 0.406 e. The van der Waals surface area contributed by atoms with Crippen molar-refractivity contribution in [1.82, 2.24) is 4.90 Å². The Hall–Kier alpha value is -1.52. The van der Waals surface area contributed by atoms with Gasteiger partial charge < -0.3 is 4.90 Å². The van der Waals surface area contributed by atoms with Gasteiger partial charge in [-0.1, -0.05) is 43.7 Å². The summed E-state index contributed by atoms with van der Waals surface area (Å²) in [4.78, 5) is 12.8. The Morgan fingerprint density at radius 2 is 1.85 bits per heavy atom. The number of carbonyl (C=O) groups is 1. The number of aryl methyl sites for hydroxylation is 1. The molecule has 0 aromatic heterocycles. The molecule has 0 atom stereocenters. The van der Waals surface area contributed by atoms with Crippen LogP contribution in [0.3, 0.4) is 0 Å². The predicted molar refractivity (Wildman–Crippen MR) is 72.3 cm³/mol. The van der Waals surface area contributed by atoms with Crippen molar-refractivity contribution in [2.45, 2.75) is 38.8 Å². The van der Waals surface area contributed by atoms with Crippen molar-refractivity contribution in [1.29, 1.82) is 0 Å². The summed E-state index contributed by atoms with van der Waals surface area (Å²) in [5.74, 6) is -0.431. The highest BCUT2D eigenvalue weighted by atomic mass is 19.4. The Bertz CT molecular complexity index is 403. The molecule has 0 unspecified atom stereocenters. The van der Waals surface area contributed by atoms with Crippen LogP contribution in [-0.2, 0) is 11.2 Å². The molecule has 0 aliphatic rings. The standard InChI is InChI=1S/C15H20F3NO/c1-2-3-11-19(12-15(16,17)18)14(20)10-9-13-7-5-4-6-8-13/h4-8H,2-3,9-12H2,1H3. The zero-order chi connectivity index (χ0) is 15.0. The van der Waals surface area contributed by atoms with Crippen molar-refractivity contribution >= 4 is 5.91 Å². The smallest absolute Gasteiger partial charge is 0.334 e. The molecule has 0 saturated heterocycles. The Labute approximate surface area is 117 Å². The molecule has 0 radical (unpaired) electrons. The third kappa shape index (κ3) is 6.59. The predicted octanol–water partition coefficient (Wildman–Crippen LogP) is 3.81. The van der Waals surface area contributed by atoms with Crippen LogP contribution in [0.1, 0.15) is 31.7 Å². The van der Waals surface area contributed by atoms with E-state index in [2.05, 4.69) is 0 Å². The Balaban J connectivity index is 2.54. The molecule has 0 aliphatic heterocycles. The van der Waals surface area contributed by atoms with E-state index in [1.807, 2.05) is 37.3 Å². The van der Waals surface area contributed by atoms with Crippen LogP contribution in [0.25, 0.3) is 0 Å². The van der Waals surface area contributed by atoms with Gasteiger partial charge in [0.15, 0.2) is 0 Å². The van der Waals surface area contributed by atoms with Crippen molar-refractivity contribution in [3.05, 3.63) is 35.9 Å². The maximum absolute atomic E-state index is 12.5. The maximum Gasteiger partial charge on any atom is 0.406 e. The van der Waals surface area contributed by atoms with Crippen molar-refractivity contribution in [2.75, 3.05) is 13.1 Å². The van der Waals surface area contributed by atoms with Crippen LogP contribution in [0.4, 0.5) is 13.2 Å². The van der Waals surface area contributed by atoms with Gasteiger partial charge >= 0.3 is 6.18 Å². The van der Waals surface area contributed by atoms with E-state index in [0.29, 0.717) is 12.8 Å². The van der Waals surface area contributed by atoms with E-state index in [9.17, 15) is 18.0 Å². The molecule has 1 rings (SSSR count). The summed E-state index contributed by atoms with van der Waals surface area (Å²) in [6.45, 7) is 0.907.